The van der Waals surface area contributed by atoms with Crippen molar-refractivity contribution in [2.75, 3.05) is 42.3 Å². The molecule has 3 rings (SSSR count). The normalized spacial score (nSPS) is 10.4. The van der Waals surface area contributed by atoms with Crippen LogP contribution >= 0.6 is 0 Å². The van der Waals surface area contributed by atoms with Crippen molar-refractivity contribution in [3.8, 4) is 5.75 Å². The van der Waals surface area contributed by atoms with Crippen molar-refractivity contribution in [2.45, 2.75) is 6.92 Å². The van der Waals surface area contributed by atoms with Gasteiger partial charge in [0, 0.05) is 29.7 Å². The Labute approximate surface area is 180 Å². The Hall–Kier alpha value is -3.78. The van der Waals surface area contributed by atoms with E-state index in [9.17, 15) is 9.59 Å². The summed E-state index contributed by atoms with van der Waals surface area (Å²) in [6.07, 6.45) is 1.43. The molecule has 0 radical (unpaired) electrons. The quantitative estimate of drug-likeness (QED) is 0.403. The lowest BCUT2D eigenvalue weighted by Crippen LogP contribution is -2.22. The minimum absolute atomic E-state index is 0.0748. The standard InChI is InChI=1S/C23H25N3O5/c1-2-29-12-13-30-20-9-4-6-17(15-20)24-16-22(27)25-18-7-3-8-19(14-18)26-23(28)21-10-5-11-31-21/h3-11,14-15,24H,2,12-13,16H2,1H3,(H,25,27)(H,26,28). The second-order valence-corrected chi connectivity index (χ2v) is 6.49. The number of carbonyl (C=O) groups excluding carboxylic acids is 2. The Balaban J connectivity index is 1.48. The van der Waals surface area contributed by atoms with Gasteiger partial charge in [0.05, 0.1) is 19.4 Å². The number of rotatable bonds is 11. The lowest BCUT2D eigenvalue weighted by molar-refractivity contribution is -0.114. The monoisotopic (exact) mass is 423 g/mol. The van der Waals surface area contributed by atoms with Crippen LogP contribution in [0.25, 0.3) is 0 Å². The van der Waals surface area contributed by atoms with Crippen molar-refractivity contribution < 1.29 is 23.5 Å². The van der Waals surface area contributed by atoms with Gasteiger partial charge >= 0.3 is 0 Å². The number of amides is 2. The Morgan fingerprint density at radius 1 is 0.903 bits per heavy atom. The highest BCUT2D eigenvalue weighted by atomic mass is 16.5. The minimum atomic E-state index is -0.362. The first kappa shape index (κ1) is 21.9. The molecule has 1 heterocycles. The summed E-state index contributed by atoms with van der Waals surface area (Å²) >= 11 is 0. The van der Waals surface area contributed by atoms with E-state index in [4.69, 9.17) is 13.9 Å². The molecule has 3 aromatic rings. The number of benzene rings is 2. The van der Waals surface area contributed by atoms with Crippen LogP contribution in [-0.4, -0.2) is 38.2 Å². The zero-order chi connectivity index (χ0) is 21.9. The van der Waals surface area contributed by atoms with Gasteiger partial charge in [0.2, 0.25) is 5.91 Å². The molecule has 0 fully saturated rings. The molecule has 0 unspecified atom stereocenters. The maximum absolute atomic E-state index is 12.3. The highest BCUT2D eigenvalue weighted by Crippen LogP contribution is 2.18. The van der Waals surface area contributed by atoms with Crippen molar-refractivity contribution >= 4 is 28.9 Å². The second-order valence-electron chi connectivity index (χ2n) is 6.49. The first-order valence-electron chi connectivity index (χ1n) is 9.93. The first-order valence-corrected chi connectivity index (χ1v) is 9.93. The molecule has 8 nitrogen and oxygen atoms in total. The average Bonchev–Trinajstić information content (AvgIpc) is 3.31. The fourth-order valence-corrected chi connectivity index (χ4v) is 2.72. The highest BCUT2D eigenvalue weighted by Gasteiger charge is 2.09. The van der Waals surface area contributed by atoms with Crippen molar-refractivity contribution in [1.82, 2.24) is 0 Å². The molecule has 0 aliphatic carbocycles. The molecule has 31 heavy (non-hydrogen) atoms. The van der Waals surface area contributed by atoms with E-state index in [0.29, 0.717) is 36.9 Å². The van der Waals surface area contributed by atoms with Gasteiger partial charge in [-0.15, -0.1) is 0 Å². The van der Waals surface area contributed by atoms with E-state index in [-0.39, 0.29) is 24.1 Å². The number of carbonyl (C=O) groups is 2. The lowest BCUT2D eigenvalue weighted by atomic mass is 10.2. The lowest BCUT2D eigenvalue weighted by Gasteiger charge is -2.11. The molecule has 0 aliphatic heterocycles. The Morgan fingerprint density at radius 3 is 2.45 bits per heavy atom. The van der Waals surface area contributed by atoms with Gasteiger partial charge in [0.1, 0.15) is 12.4 Å². The second kappa shape index (κ2) is 11.4. The maximum Gasteiger partial charge on any atom is 0.291 e. The van der Waals surface area contributed by atoms with Gasteiger partial charge in [0.15, 0.2) is 5.76 Å². The zero-order valence-electron chi connectivity index (χ0n) is 17.2. The van der Waals surface area contributed by atoms with E-state index >= 15 is 0 Å². The molecule has 0 bridgehead atoms. The van der Waals surface area contributed by atoms with Gasteiger partial charge in [-0.25, -0.2) is 0 Å². The van der Waals surface area contributed by atoms with Crippen LogP contribution < -0.4 is 20.7 Å². The number of nitrogens with one attached hydrogen (secondary N) is 3. The topological polar surface area (TPSA) is 102 Å². The Bertz CT molecular complexity index is 988. The van der Waals surface area contributed by atoms with E-state index in [1.165, 1.54) is 6.26 Å². The fraction of sp³-hybridized carbons (Fsp3) is 0.217. The highest BCUT2D eigenvalue weighted by molar-refractivity contribution is 6.02. The summed E-state index contributed by atoms with van der Waals surface area (Å²) in [6, 6.07) is 17.5. The summed E-state index contributed by atoms with van der Waals surface area (Å²) in [7, 11) is 0. The minimum Gasteiger partial charge on any atom is -0.491 e. The van der Waals surface area contributed by atoms with Crippen LogP contribution in [0.4, 0.5) is 17.1 Å². The van der Waals surface area contributed by atoms with Gasteiger partial charge in [-0.1, -0.05) is 12.1 Å². The molecule has 162 valence electrons. The van der Waals surface area contributed by atoms with Crippen molar-refractivity contribution in [2.24, 2.45) is 0 Å². The molecule has 1 aromatic heterocycles. The number of hydrogen-bond donors (Lipinski definition) is 3. The van der Waals surface area contributed by atoms with E-state index in [0.717, 1.165) is 5.69 Å². The number of hydrogen-bond acceptors (Lipinski definition) is 6. The van der Waals surface area contributed by atoms with E-state index < -0.39 is 0 Å². The summed E-state index contributed by atoms with van der Waals surface area (Å²) in [4.78, 5) is 24.4. The van der Waals surface area contributed by atoms with Gasteiger partial charge in [0.25, 0.3) is 5.91 Å². The molecule has 8 heteroatoms. The molecule has 2 aromatic carbocycles. The van der Waals surface area contributed by atoms with Crippen LogP contribution in [0.15, 0.2) is 71.3 Å². The van der Waals surface area contributed by atoms with Crippen LogP contribution in [0, 0.1) is 0 Å². The van der Waals surface area contributed by atoms with Crippen molar-refractivity contribution in [1.29, 1.82) is 0 Å². The third kappa shape index (κ3) is 7.20. The summed E-state index contributed by atoms with van der Waals surface area (Å²) in [5.74, 6) is 0.323. The first-order chi connectivity index (χ1) is 15.1. The Kier molecular flexibility index (Phi) is 8.07. The van der Waals surface area contributed by atoms with Crippen molar-refractivity contribution in [3.63, 3.8) is 0 Å². The molecule has 0 aliphatic rings. The van der Waals surface area contributed by atoms with Crippen LogP contribution in [0.5, 0.6) is 5.75 Å². The van der Waals surface area contributed by atoms with E-state index in [1.807, 2.05) is 31.2 Å². The molecule has 0 atom stereocenters. The predicted octanol–water partition coefficient (Wildman–Crippen LogP) is 4.00. The molecule has 2 amide bonds. The van der Waals surface area contributed by atoms with Crippen LogP contribution in [-0.2, 0) is 9.53 Å². The summed E-state index contributed by atoms with van der Waals surface area (Å²) < 4.78 is 15.9. The van der Waals surface area contributed by atoms with E-state index in [1.54, 1.807) is 36.4 Å². The Morgan fingerprint density at radius 2 is 1.68 bits per heavy atom. The van der Waals surface area contributed by atoms with Crippen LogP contribution in [0.1, 0.15) is 17.5 Å². The van der Waals surface area contributed by atoms with Crippen molar-refractivity contribution in [3.05, 3.63) is 72.7 Å². The van der Waals surface area contributed by atoms with Gasteiger partial charge in [-0.3, -0.25) is 9.59 Å². The molecule has 0 spiro atoms. The molecular formula is C23H25N3O5. The fourth-order valence-electron chi connectivity index (χ4n) is 2.72. The van der Waals surface area contributed by atoms with Crippen LogP contribution in [0.3, 0.4) is 0 Å². The van der Waals surface area contributed by atoms with Gasteiger partial charge in [-0.05, 0) is 49.4 Å². The predicted molar refractivity (Wildman–Crippen MR) is 119 cm³/mol. The number of anilines is 3. The van der Waals surface area contributed by atoms with Crippen LogP contribution in [0.2, 0.25) is 0 Å². The smallest absolute Gasteiger partial charge is 0.291 e. The summed E-state index contributed by atoms with van der Waals surface area (Å²) in [5.41, 5.74) is 1.88. The maximum atomic E-state index is 12.3. The summed E-state index contributed by atoms with van der Waals surface area (Å²) in [6.45, 7) is 3.65. The zero-order valence-corrected chi connectivity index (χ0v) is 17.2. The van der Waals surface area contributed by atoms with Gasteiger partial charge < -0.3 is 29.8 Å². The average molecular weight is 423 g/mol. The van der Waals surface area contributed by atoms with Gasteiger partial charge in [-0.2, -0.15) is 0 Å². The molecule has 0 saturated carbocycles. The molecular weight excluding hydrogens is 398 g/mol. The number of ether oxygens (including phenoxy) is 2. The molecule has 0 saturated heterocycles. The third-order valence-corrected chi connectivity index (χ3v) is 4.14. The van der Waals surface area contributed by atoms with E-state index in [2.05, 4.69) is 16.0 Å². The SMILES string of the molecule is CCOCCOc1cccc(NCC(=O)Nc2cccc(NC(=O)c3ccco3)c2)c1. The number of furan rings is 1. The molecule has 3 N–H and O–H groups in total. The largest absolute Gasteiger partial charge is 0.491 e. The third-order valence-electron chi connectivity index (χ3n) is 4.14. The summed E-state index contributed by atoms with van der Waals surface area (Å²) in [5, 5.41) is 8.59.